The first kappa shape index (κ1) is 12.9. The van der Waals surface area contributed by atoms with Crippen molar-refractivity contribution in [2.24, 2.45) is 11.8 Å². The van der Waals surface area contributed by atoms with Gasteiger partial charge in [0.05, 0.1) is 0 Å². The molecule has 0 N–H and O–H groups in total. The molecule has 3 aliphatic rings. The van der Waals surface area contributed by atoms with Crippen LogP contribution in [0.1, 0.15) is 30.4 Å². The van der Waals surface area contributed by atoms with E-state index >= 15 is 0 Å². The summed E-state index contributed by atoms with van der Waals surface area (Å²) in [5, 5.41) is 0. The molecule has 4 rings (SSSR count). The molecule has 0 saturated carbocycles. The summed E-state index contributed by atoms with van der Waals surface area (Å²) in [4.78, 5) is 0. The fourth-order valence-corrected chi connectivity index (χ4v) is 4.46. The molecule has 0 aromatic heterocycles. The van der Waals surface area contributed by atoms with E-state index < -0.39 is 0 Å². The summed E-state index contributed by atoms with van der Waals surface area (Å²) in [5.74, 6) is 1.04. The van der Waals surface area contributed by atoms with E-state index in [1.54, 1.807) is 11.1 Å². The second kappa shape index (κ2) is 5.18. The highest BCUT2D eigenvalue weighted by molar-refractivity contribution is 5.46. The van der Waals surface area contributed by atoms with Crippen molar-refractivity contribution in [3.05, 3.63) is 84.0 Å². The molecule has 1 aromatic carbocycles. The van der Waals surface area contributed by atoms with Crippen molar-refractivity contribution >= 4 is 0 Å². The molecule has 0 saturated heterocycles. The zero-order chi connectivity index (χ0) is 14.1. The Balaban J connectivity index is 1.87. The van der Waals surface area contributed by atoms with E-state index in [-0.39, 0.29) is 5.41 Å². The van der Waals surface area contributed by atoms with Crippen LogP contribution in [-0.4, -0.2) is 0 Å². The summed E-state index contributed by atoms with van der Waals surface area (Å²) in [6.07, 6.45) is 23.8. The van der Waals surface area contributed by atoms with Crippen molar-refractivity contribution in [3.63, 3.8) is 0 Å². The van der Waals surface area contributed by atoms with Crippen LogP contribution < -0.4 is 0 Å². The van der Waals surface area contributed by atoms with Crippen LogP contribution in [0.2, 0.25) is 0 Å². The molecule has 106 valence electrons. The summed E-state index contributed by atoms with van der Waals surface area (Å²) in [6, 6.07) is 9.10. The molecule has 0 heteroatoms. The maximum Gasteiger partial charge on any atom is 0.0153 e. The lowest BCUT2D eigenvalue weighted by Crippen LogP contribution is -2.38. The van der Waals surface area contributed by atoms with E-state index in [1.807, 2.05) is 0 Å². The van der Waals surface area contributed by atoms with E-state index in [0.29, 0.717) is 11.8 Å². The smallest absolute Gasteiger partial charge is 0.0153 e. The second-order valence-electron chi connectivity index (χ2n) is 6.43. The Morgan fingerprint density at radius 1 is 0.762 bits per heavy atom. The van der Waals surface area contributed by atoms with Gasteiger partial charge in [-0.15, -0.1) is 0 Å². The maximum atomic E-state index is 2.44. The van der Waals surface area contributed by atoms with E-state index in [0.717, 1.165) is 12.8 Å². The Hall–Kier alpha value is -1.82. The minimum absolute atomic E-state index is 0.220. The molecular formula is C21H22. The molecule has 0 aliphatic heterocycles. The SMILES string of the molecule is C1=CC(C2(C3C=CCC=C3)CCc3ccccc32)C=CC1. The molecule has 0 heterocycles. The quantitative estimate of drug-likeness (QED) is 0.655. The highest BCUT2D eigenvalue weighted by Crippen LogP contribution is 2.52. The lowest BCUT2D eigenvalue weighted by Gasteiger charge is -2.42. The lowest BCUT2D eigenvalue weighted by atomic mass is 9.61. The third-order valence-electron chi connectivity index (χ3n) is 5.43. The van der Waals surface area contributed by atoms with Crippen molar-refractivity contribution in [1.29, 1.82) is 0 Å². The number of fused-ring (bicyclic) bond motifs is 1. The first-order valence-electron chi connectivity index (χ1n) is 8.16. The average Bonchev–Trinajstić information content (AvgIpc) is 2.97. The van der Waals surface area contributed by atoms with Crippen LogP contribution in [-0.2, 0) is 11.8 Å². The zero-order valence-corrected chi connectivity index (χ0v) is 12.4. The van der Waals surface area contributed by atoms with Crippen LogP contribution in [0.15, 0.2) is 72.9 Å². The van der Waals surface area contributed by atoms with Crippen molar-refractivity contribution in [2.75, 3.05) is 0 Å². The molecule has 0 spiro atoms. The van der Waals surface area contributed by atoms with Crippen LogP contribution in [0, 0.1) is 11.8 Å². The number of hydrogen-bond acceptors (Lipinski definition) is 0. The van der Waals surface area contributed by atoms with Crippen LogP contribution in [0.4, 0.5) is 0 Å². The number of benzene rings is 1. The lowest BCUT2D eigenvalue weighted by molar-refractivity contribution is 0.302. The van der Waals surface area contributed by atoms with Gasteiger partial charge in [-0.25, -0.2) is 0 Å². The monoisotopic (exact) mass is 274 g/mol. The van der Waals surface area contributed by atoms with Crippen molar-refractivity contribution in [3.8, 4) is 0 Å². The van der Waals surface area contributed by atoms with Crippen molar-refractivity contribution in [1.82, 2.24) is 0 Å². The van der Waals surface area contributed by atoms with E-state index in [1.165, 1.54) is 12.8 Å². The van der Waals surface area contributed by atoms with Gasteiger partial charge in [0.2, 0.25) is 0 Å². The summed E-state index contributed by atoms with van der Waals surface area (Å²) >= 11 is 0. The number of hydrogen-bond donors (Lipinski definition) is 0. The van der Waals surface area contributed by atoms with Gasteiger partial charge in [0.15, 0.2) is 0 Å². The predicted octanol–water partition coefficient (Wildman–Crippen LogP) is 5.14. The van der Waals surface area contributed by atoms with E-state index in [9.17, 15) is 0 Å². The van der Waals surface area contributed by atoms with E-state index in [4.69, 9.17) is 0 Å². The van der Waals surface area contributed by atoms with Gasteiger partial charge < -0.3 is 0 Å². The van der Waals surface area contributed by atoms with Gasteiger partial charge in [-0.3, -0.25) is 0 Å². The molecule has 21 heavy (non-hydrogen) atoms. The molecule has 0 bridgehead atoms. The van der Waals surface area contributed by atoms with Crippen molar-refractivity contribution < 1.29 is 0 Å². The normalized spacial score (nSPS) is 23.6. The fourth-order valence-electron chi connectivity index (χ4n) is 4.46. The highest BCUT2D eigenvalue weighted by Gasteiger charge is 2.47. The van der Waals surface area contributed by atoms with E-state index in [2.05, 4.69) is 72.9 Å². The molecular weight excluding hydrogens is 252 g/mol. The number of rotatable bonds is 2. The largest absolute Gasteiger partial charge is 0.0841 e. The number of allylic oxidation sites excluding steroid dienone is 8. The third kappa shape index (κ3) is 1.97. The Bertz CT molecular complexity index is 588. The Morgan fingerprint density at radius 3 is 1.95 bits per heavy atom. The summed E-state index contributed by atoms with van der Waals surface area (Å²) in [6.45, 7) is 0. The fraction of sp³-hybridized carbons (Fsp3) is 0.333. The van der Waals surface area contributed by atoms with Crippen molar-refractivity contribution in [2.45, 2.75) is 31.1 Å². The van der Waals surface area contributed by atoms with Gasteiger partial charge in [0.25, 0.3) is 0 Å². The van der Waals surface area contributed by atoms with Gasteiger partial charge in [0, 0.05) is 17.3 Å². The first-order chi connectivity index (χ1) is 10.4. The predicted molar refractivity (Wildman–Crippen MR) is 89.2 cm³/mol. The molecule has 0 nitrogen and oxygen atoms in total. The molecule has 0 radical (unpaired) electrons. The summed E-state index contributed by atoms with van der Waals surface area (Å²) in [7, 11) is 0. The summed E-state index contributed by atoms with van der Waals surface area (Å²) < 4.78 is 0. The Morgan fingerprint density at radius 2 is 1.33 bits per heavy atom. The maximum absolute atomic E-state index is 2.44. The van der Waals surface area contributed by atoms with Crippen LogP contribution in [0.5, 0.6) is 0 Å². The molecule has 0 unspecified atom stereocenters. The molecule has 3 aliphatic carbocycles. The highest BCUT2D eigenvalue weighted by atomic mass is 14.5. The molecule has 0 atom stereocenters. The van der Waals surface area contributed by atoms with Crippen LogP contribution in [0.25, 0.3) is 0 Å². The number of aryl methyl sites for hydroxylation is 1. The second-order valence-corrected chi connectivity index (χ2v) is 6.43. The minimum Gasteiger partial charge on any atom is -0.0841 e. The standard InChI is InChI=1S/C21H22/c1-3-10-18(11-4-1)21(19-12-5-2-6-13-19)16-15-17-9-7-8-14-20(17)21/h3-14,18-19H,1-2,15-16H2. The van der Waals surface area contributed by atoms with Gasteiger partial charge in [0.1, 0.15) is 0 Å². The minimum atomic E-state index is 0.220. The van der Waals surface area contributed by atoms with Gasteiger partial charge >= 0.3 is 0 Å². The topological polar surface area (TPSA) is 0 Å². The van der Waals surface area contributed by atoms with Gasteiger partial charge in [-0.1, -0.05) is 72.9 Å². The van der Waals surface area contributed by atoms with Crippen LogP contribution >= 0.6 is 0 Å². The molecule has 1 aromatic rings. The average molecular weight is 274 g/mol. The molecule has 0 fully saturated rings. The van der Waals surface area contributed by atoms with Crippen LogP contribution in [0.3, 0.4) is 0 Å². The zero-order valence-electron chi connectivity index (χ0n) is 12.4. The third-order valence-corrected chi connectivity index (χ3v) is 5.43. The first-order valence-corrected chi connectivity index (χ1v) is 8.16. The molecule has 0 amide bonds. The Kier molecular flexibility index (Phi) is 3.18. The summed E-state index contributed by atoms with van der Waals surface area (Å²) in [5.41, 5.74) is 3.35. The van der Waals surface area contributed by atoms with Gasteiger partial charge in [-0.2, -0.15) is 0 Å². The Labute approximate surface area is 127 Å². The van der Waals surface area contributed by atoms with Gasteiger partial charge in [-0.05, 0) is 36.8 Å².